The fourth-order valence-corrected chi connectivity index (χ4v) is 4.79. The van der Waals surface area contributed by atoms with Gasteiger partial charge in [0.15, 0.2) is 0 Å². The van der Waals surface area contributed by atoms with Crippen LogP contribution < -0.4 is 4.74 Å². The highest BCUT2D eigenvalue weighted by molar-refractivity contribution is 7.11. The van der Waals surface area contributed by atoms with Crippen molar-refractivity contribution in [3.8, 4) is 5.75 Å². The van der Waals surface area contributed by atoms with Crippen LogP contribution in [0.25, 0.3) is 5.57 Å². The highest BCUT2D eigenvalue weighted by Gasteiger charge is 2.42. The van der Waals surface area contributed by atoms with E-state index in [1.54, 1.807) is 7.11 Å². The van der Waals surface area contributed by atoms with Crippen LogP contribution in [-0.4, -0.2) is 72.9 Å². The van der Waals surface area contributed by atoms with Crippen molar-refractivity contribution in [2.75, 3.05) is 46.4 Å². The first-order chi connectivity index (χ1) is 14.6. The van der Waals surface area contributed by atoms with Crippen LogP contribution in [0.4, 0.5) is 0 Å². The lowest BCUT2D eigenvalue weighted by Gasteiger charge is -2.35. The van der Waals surface area contributed by atoms with Gasteiger partial charge in [-0.25, -0.2) is 0 Å². The number of hydrogen-bond acceptors (Lipinski definition) is 6. The minimum Gasteiger partial charge on any atom is -0.497 e. The summed E-state index contributed by atoms with van der Waals surface area (Å²) in [6, 6.07) is 11.6. The van der Waals surface area contributed by atoms with Gasteiger partial charge in [-0.15, -0.1) is 11.3 Å². The molecule has 158 valence electrons. The summed E-state index contributed by atoms with van der Waals surface area (Å²) in [5, 5.41) is 1.95. The Kier molecular flexibility index (Phi) is 6.20. The first kappa shape index (κ1) is 20.6. The third-order valence-electron chi connectivity index (χ3n) is 5.83. The lowest BCUT2D eigenvalue weighted by molar-refractivity contribution is -0.137. The standard InChI is InChI=1S/C23H27N3O3S/c1-3-24-12-14-25(15-13-24)21-20(19-5-4-16-30-19)22(27)26(23(21)28)11-10-17-6-8-18(29-2)9-7-17/h4-9,16H,3,10-15H2,1-2H3. The average molecular weight is 426 g/mol. The molecule has 0 bridgehead atoms. The van der Waals surface area contributed by atoms with Crippen molar-refractivity contribution in [3.63, 3.8) is 0 Å². The number of piperazine rings is 1. The number of rotatable bonds is 7. The molecule has 1 aromatic heterocycles. The van der Waals surface area contributed by atoms with E-state index in [0.29, 0.717) is 24.2 Å². The van der Waals surface area contributed by atoms with E-state index in [-0.39, 0.29) is 11.8 Å². The molecule has 2 aliphatic rings. The molecular formula is C23H27N3O3S. The number of benzene rings is 1. The van der Waals surface area contributed by atoms with Gasteiger partial charge in [0.1, 0.15) is 11.4 Å². The molecule has 0 unspecified atom stereocenters. The summed E-state index contributed by atoms with van der Waals surface area (Å²) in [7, 11) is 1.64. The molecule has 1 aromatic carbocycles. The third kappa shape index (κ3) is 4.00. The summed E-state index contributed by atoms with van der Waals surface area (Å²) in [6.45, 7) is 6.88. The Balaban J connectivity index is 1.55. The second kappa shape index (κ2) is 9.02. The first-order valence-corrected chi connectivity index (χ1v) is 11.2. The molecule has 0 aliphatic carbocycles. The smallest absolute Gasteiger partial charge is 0.277 e. The molecule has 6 nitrogen and oxygen atoms in total. The third-order valence-corrected chi connectivity index (χ3v) is 6.72. The molecule has 0 saturated carbocycles. The number of amides is 2. The van der Waals surface area contributed by atoms with Gasteiger partial charge in [-0.05, 0) is 42.1 Å². The van der Waals surface area contributed by atoms with Crippen molar-refractivity contribution in [2.45, 2.75) is 13.3 Å². The van der Waals surface area contributed by atoms with Crippen molar-refractivity contribution in [2.24, 2.45) is 0 Å². The number of ether oxygens (including phenoxy) is 1. The van der Waals surface area contributed by atoms with Gasteiger partial charge in [-0.2, -0.15) is 0 Å². The number of likely N-dealkylation sites (N-methyl/N-ethyl adjacent to an activating group) is 1. The van der Waals surface area contributed by atoms with Gasteiger partial charge in [-0.1, -0.05) is 25.1 Å². The number of thiophene rings is 1. The molecule has 2 aliphatic heterocycles. The van der Waals surface area contributed by atoms with Gasteiger partial charge in [0.2, 0.25) is 0 Å². The Bertz CT molecular complexity index is 929. The number of hydrogen-bond donors (Lipinski definition) is 0. The number of nitrogens with zero attached hydrogens (tertiary/aromatic N) is 3. The van der Waals surface area contributed by atoms with Gasteiger partial charge in [0.05, 0.1) is 12.7 Å². The predicted octanol–water partition coefficient (Wildman–Crippen LogP) is 2.72. The molecule has 2 aromatic rings. The lowest BCUT2D eigenvalue weighted by atomic mass is 10.1. The summed E-state index contributed by atoms with van der Waals surface area (Å²) in [6.07, 6.45) is 0.621. The fraction of sp³-hybridized carbons (Fsp3) is 0.391. The summed E-state index contributed by atoms with van der Waals surface area (Å²) in [5.74, 6) is 0.452. The Hall–Kier alpha value is -2.64. The van der Waals surface area contributed by atoms with Crippen LogP contribution in [0.1, 0.15) is 17.4 Å². The highest BCUT2D eigenvalue weighted by atomic mass is 32.1. The second-order valence-corrected chi connectivity index (χ2v) is 8.43. The maximum absolute atomic E-state index is 13.4. The zero-order chi connectivity index (χ0) is 21.1. The van der Waals surface area contributed by atoms with Gasteiger partial charge in [-0.3, -0.25) is 14.5 Å². The number of methoxy groups -OCH3 is 1. The molecule has 0 spiro atoms. The van der Waals surface area contributed by atoms with Gasteiger partial charge < -0.3 is 14.5 Å². The molecule has 1 fully saturated rings. The number of carbonyl (C=O) groups excluding carboxylic acids is 2. The second-order valence-electron chi connectivity index (χ2n) is 7.48. The van der Waals surface area contributed by atoms with E-state index in [9.17, 15) is 9.59 Å². The van der Waals surface area contributed by atoms with Crippen molar-refractivity contribution >= 4 is 28.7 Å². The van der Waals surface area contributed by atoms with Crippen LogP contribution in [-0.2, 0) is 16.0 Å². The molecule has 1 saturated heterocycles. The molecule has 4 rings (SSSR count). The van der Waals surface area contributed by atoms with E-state index in [1.165, 1.54) is 16.2 Å². The van der Waals surface area contributed by atoms with Crippen molar-refractivity contribution in [1.29, 1.82) is 0 Å². The van der Waals surface area contributed by atoms with Gasteiger partial charge in [0.25, 0.3) is 11.8 Å². The Morgan fingerprint density at radius 2 is 1.73 bits per heavy atom. The van der Waals surface area contributed by atoms with E-state index in [2.05, 4.69) is 16.7 Å². The number of carbonyl (C=O) groups is 2. The summed E-state index contributed by atoms with van der Waals surface area (Å²) >= 11 is 1.51. The zero-order valence-corrected chi connectivity index (χ0v) is 18.3. The molecule has 0 radical (unpaired) electrons. The van der Waals surface area contributed by atoms with E-state index in [4.69, 9.17) is 4.74 Å². The summed E-state index contributed by atoms with van der Waals surface area (Å²) < 4.78 is 5.20. The summed E-state index contributed by atoms with van der Waals surface area (Å²) in [4.78, 5) is 33.4. The van der Waals surface area contributed by atoms with Crippen LogP contribution >= 0.6 is 11.3 Å². The SMILES string of the molecule is CCN1CCN(C2=C(c3cccs3)C(=O)N(CCc3ccc(OC)cc3)C2=O)CC1. The van der Waals surface area contributed by atoms with Crippen molar-refractivity contribution < 1.29 is 14.3 Å². The van der Waals surface area contributed by atoms with Crippen LogP contribution in [0.15, 0.2) is 47.5 Å². The minimum absolute atomic E-state index is 0.165. The molecule has 0 atom stereocenters. The van der Waals surface area contributed by atoms with E-state index in [0.717, 1.165) is 48.9 Å². The topological polar surface area (TPSA) is 53.1 Å². The summed E-state index contributed by atoms with van der Waals surface area (Å²) in [5.41, 5.74) is 2.21. The quantitative estimate of drug-likeness (QED) is 0.639. The normalized spacial score (nSPS) is 17.9. The minimum atomic E-state index is -0.177. The average Bonchev–Trinajstić information content (AvgIpc) is 3.39. The van der Waals surface area contributed by atoms with Crippen molar-refractivity contribution in [1.82, 2.24) is 14.7 Å². The van der Waals surface area contributed by atoms with Crippen LogP contribution in [0.3, 0.4) is 0 Å². The lowest BCUT2D eigenvalue weighted by Crippen LogP contribution is -2.47. The predicted molar refractivity (Wildman–Crippen MR) is 118 cm³/mol. The molecule has 3 heterocycles. The Labute approximate surface area is 181 Å². The molecular weight excluding hydrogens is 398 g/mol. The Morgan fingerprint density at radius 3 is 2.33 bits per heavy atom. The zero-order valence-electron chi connectivity index (χ0n) is 17.5. The monoisotopic (exact) mass is 425 g/mol. The Morgan fingerprint density at radius 1 is 1.00 bits per heavy atom. The van der Waals surface area contributed by atoms with Crippen LogP contribution in [0.5, 0.6) is 5.75 Å². The van der Waals surface area contributed by atoms with Crippen molar-refractivity contribution in [3.05, 3.63) is 57.9 Å². The molecule has 0 N–H and O–H groups in total. The largest absolute Gasteiger partial charge is 0.497 e. The number of imide groups is 1. The van der Waals surface area contributed by atoms with Crippen LogP contribution in [0.2, 0.25) is 0 Å². The maximum Gasteiger partial charge on any atom is 0.277 e. The molecule has 7 heteroatoms. The van der Waals surface area contributed by atoms with Gasteiger partial charge >= 0.3 is 0 Å². The highest BCUT2D eigenvalue weighted by Crippen LogP contribution is 2.34. The van der Waals surface area contributed by atoms with E-state index >= 15 is 0 Å². The maximum atomic E-state index is 13.4. The van der Waals surface area contributed by atoms with E-state index < -0.39 is 0 Å². The first-order valence-electron chi connectivity index (χ1n) is 10.4. The fourth-order valence-electron chi connectivity index (χ4n) is 4.02. The van der Waals surface area contributed by atoms with E-state index in [1.807, 2.05) is 41.8 Å². The molecule has 30 heavy (non-hydrogen) atoms. The van der Waals surface area contributed by atoms with Gasteiger partial charge in [0, 0.05) is 37.6 Å². The van der Waals surface area contributed by atoms with Crippen LogP contribution in [0, 0.1) is 0 Å². The molecule has 2 amide bonds.